The topological polar surface area (TPSA) is 75.7 Å². The van der Waals surface area contributed by atoms with Gasteiger partial charge in [0.2, 0.25) is 5.79 Å². The van der Waals surface area contributed by atoms with Crippen molar-refractivity contribution in [3.63, 3.8) is 0 Å². The lowest BCUT2D eigenvalue weighted by Crippen LogP contribution is -2.44. The largest absolute Gasteiger partial charge is 0.488 e. The Kier molecular flexibility index (Phi) is 1.47. The Morgan fingerprint density at radius 1 is 1.70 bits per heavy atom. The Labute approximate surface area is 58.9 Å². The van der Waals surface area contributed by atoms with Gasteiger partial charge in [0.05, 0.1) is 0 Å². The third-order valence-electron chi connectivity index (χ3n) is 1.58. The van der Waals surface area contributed by atoms with Crippen LogP contribution in [0.1, 0.15) is 6.92 Å². The Bertz CT molecular complexity index is 166. The predicted octanol–water partition coefficient (Wildman–Crippen LogP) is -0.910. The molecular formula is C6H10NO3. The van der Waals surface area contributed by atoms with E-state index in [0.29, 0.717) is 0 Å². The van der Waals surface area contributed by atoms with E-state index in [1.165, 1.54) is 6.92 Å². The van der Waals surface area contributed by atoms with Crippen LogP contribution in [0.4, 0.5) is 0 Å². The maximum Gasteiger partial charge on any atom is 0.229 e. The molecule has 1 rings (SSSR count). The van der Waals surface area contributed by atoms with Gasteiger partial charge in [-0.1, -0.05) is 6.58 Å². The zero-order valence-electron chi connectivity index (χ0n) is 5.66. The first-order valence-electron chi connectivity index (χ1n) is 2.90. The number of hydrogen-bond donors (Lipinski definition) is 3. The molecule has 0 aromatic rings. The van der Waals surface area contributed by atoms with Gasteiger partial charge in [0, 0.05) is 0 Å². The standard InChI is InChI=1S/C6H10NO3/c1-3-5(7)6(8,9)4(2)10-3/h4,8-9H,1,7H2,2H3. The van der Waals surface area contributed by atoms with Crippen LogP contribution in [0.2, 0.25) is 0 Å². The summed E-state index contributed by atoms with van der Waals surface area (Å²) in [4.78, 5) is 0. The number of aliphatic hydroxyl groups is 2. The fourth-order valence-corrected chi connectivity index (χ4v) is 0.783. The van der Waals surface area contributed by atoms with Gasteiger partial charge in [0.1, 0.15) is 5.76 Å². The maximum absolute atomic E-state index is 9.11. The normalized spacial score (nSPS) is 32.4. The summed E-state index contributed by atoms with van der Waals surface area (Å²) in [6, 6.07) is -0.111. The second kappa shape index (κ2) is 1.95. The summed E-state index contributed by atoms with van der Waals surface area (Å²) in [5.41, 5.74) is 5.24. The Hall–Kier alpha value is -0.580. The SMILES string of the molecule is C=C1OC(C)C(O)(O)[C]1N. The molecule has 0 amide bonds. The third kappa shape index (κ3) is 0.811. The second-order valence-corrected chi connectivity index (χ2v) is 2.32. The van der Waals surface area contributed by atoms with E-state index in [1.54, 1.807) is 0 Å². The van der Waals surface area contributed by atoms with Crippen molar-refractivity contribution in [2.24, 2.45) is 5.73 Å². The van der Waals surface area contributed by atoms with Gasteiger partial charge in [-0.2, -0.15) is 0 Å². The molecule has 4 N–H and O–H groups in total. The molecule has 4 nitrogen and oxygen atoms in total. The van der Waals surface area contributed by atoms with Gasteiger partial charge in [0.15, 0.2) is 12.1 Å². The van der Waals surface area contributed by atoms with E-state index in [9.17, 15) is 0 Å². The van der Waals surface area contributed by atoms with E-state index < -0.39 is 11.9 Å². The summed E-state index contributed by atoms with van der Waals surface area (Å²) in [6.07, 6.45) is -0.736. The minimum atomic E-state index is -2.04. The van der Waals surface area contributed by atoms with Gasteiger partial charge in [-0.15, -0.1) is 0 Å². The fourth-order valence-electron chi connectivity index (χ4n) is 0.783. The first-order valence-corrected chi connectivity index (χ1v) is 2.90. The van der Waals surface area contributed by atoms with E-state index in [1.807, 2.05) is 0 Å². The lowest BCUT2D eigenvalue weighted by atomic mass is 10.1. The Balaban J connectivity index is 2.85. The van der Waals surface area contributed by atoms with Crippen LogP contribution in [-0.4, -0.2) is 22.1 Å². The summed E-state index contributed by atoms with van der Waals surface area (Å²) < 4.78 is 4.83. The molecule has 57 valence electrons. The first kappa shape index (κ1) is 7.53. The van der Waals surface area contributed by atoms with E-state index >= 15 is 0 Å². The summed E-state index contributed by atoms with van der Waals surface area (Å²) in [6.45, 7) is 4.88. The molecule has 0 aliphatic carbocycles. The Morgan fingerprint density at radius 2 is 2.20 bits per heavy atom. The highest BCUT2D eigenvalue weighted by molar-refractivity contribution is 5.25. The second-order valence-electron chi connectivity index (χ2n) is 2.32. The van der Waals surface area contributed by atoms with Crippen molar-refractivity contribution in [2.75, 3.05) is 0 Å². The molecule has 1 radical (unpaired) electrons. The van der Waals surface area contributed by atoms with E-state index in [0.717, 1.165) is 0 Å². The summed E-state index contributed by atoms with van der Waals surface area (Å²) in [5.74, 6) is -1.91. The molecule has 0 saturated carbocycles. The average Bonchev–Trinajstić information content (AvgIpc) is 1.97. The smallest absolute Gasteiger partial charge is 0.229 e. The number of hydrogen-bond acceptors (Lipinski definition) is 4. The van der Waals surface area contributed by atoms with Crippen LogP contribution in [0.5, 0.6) is 0 Å². The molecule has 1 unspecified atom stereocenters. The fraction of sp³-hybridized carbons (Fsp3) is 0.500. The van der Waals surface area contributed by atoms with Crippen LogP contribution in [0.3, 0.4) is 0 Å². The van der Waals surface area contributed by atoms with Crippen molar-refractivity contribution in [3.8, 4) is 0 Å². The van der Waals surface area contributed by atoms with Crippen molar-refractivity contribution in [1.82, 2.24) is 0 Å². The van der Waals surface area contributed by atoms with Gasteiger partial charge in [-0.25, -0.2) is 0 Å². The molecule has 10 heavy (non-hydrogen) atoms. The van der Waals surface area contributed by atoms with Crippen LogP contribution >= 0.6 is 0 Å². The predicted molar refractivity (Wildman–Crippen MR) is 34.3 cm³/mol. The molecule has 1 heterocycles. The molecule has 1 aliphatic rings. The highest BCUT2D eigenvalue weighted by atomic mass is 16.6. The van der Waals surface area contributed by atoms with E-state index in [2.05, 4.69) is 6.58 Å². The summed E-state index contributed by atoms with van der Waals surface area (Å²) in [7, 11) is 0. The Morgan fingerprint density at radius 3 is 2.30 bits per heavy atom. The number of ether oxygens (including phenoxy) is 1. The lowest BCUT2D eigenvalue weighted by Gasteiger charge is -2.19. The highest BCUT2D eigenvalue weighted by Crippen LogP contribution is 2.33. The number of nitrogens with two attached hydrogens (primary N) is 1. The minimum Gasteiger partial charge on any atom is -0.488 e. The van der Waals surface area contributed by atoms with E-state index in [-0.39, 0.29) is 11.8 Å². The van der Waals surface area contributed by atoms with E-state index in [4.69, 9.17) is 20.7 Å². The van der Waals surface area contributed by atoms with Crippen molar-refractivity contribution in [2.45, 2.75) is 18.8 Å². The van der Waals surface area contributed by atoms with Crippen LogP contribution in [0.25, 0.3) is 0 Å². The molecule has 1 fully saturated rings. The van der Waals surface area contributed by atoms with Gasteiger partial charge in [0.25, 0.3) is 0 Å². The van der Waals surface area contributed by atoms with Crippen LogP contribution in [0.15, 0.2) is 12.3 Å². The maximum atomic E-state index is 9.11. The molecular weight excluding hydrogens is 134 g/mol. The molecule has 1 saturated heterocycles. The van der Waals surface area contributed by atoms with Crippen LogP contribution < -0.4 is 5.73 Å². The van der Waals surface area contributed by atoms with Gasteiger partial charge >= 0.3 is 0 Å². The number of rotatable bonds is 0. The van der Waals surface area contributed by atoms with Crippen LogP contribution in [0, 0.1) is 6.04 Å². The molecule has 0 aromatic carbocycles. The zero-order valence-corrected chi connectivity index (χ0v) is 5.66. The molecule has 1 atom stereocenters. The minimum absolute atomic E-state index is 0.111. The monoisotopic (exact) mass is 144 g/mol. The lowest BCUT2D eigenvalue weighted by molar-refractivity contribution is -0.177. The highest BCUT2D eigenvalue weighted by Gasteiger charge is 2.49. The third-order valence-corrected chi connectivity index (χ3v) is 1.58. The molecule has 1 aliphatic heterocycles. The molecule has 0 aromatic heterocycles. The first-order chi connectivity index (χ1) is 4.46. The molecule has 0 bridgehead atoms. The van der Waals surface area contributed by atoms with Gasteiger partial charge < -0.3 is 20.7 Å². The van der Waals surface area contributed by atoms with Crippen LogP contribution in [-0.2, 0) is 4.74 Å². The van der Waals surface area contributed by atoms with Crippen molar-refractivity contribution in [1.29, 1.82) is 0 Å². The van der Waals surface area contributed by atoms with Crippen molar-refractivity contribution >= 4 is 0 Å². The average molecular weight is 144 g/mol. The summed E-state index contributed by atoms with van der Waals surface area (Å²) >= 11 is 0. The zero-order chi connectivity index (χ0) is 7.94. The quantitative estimate of drug-likeness (QED) is 0.385. The molecule has 0 spiro atoms. The van der Waals surface area contributed by atoms with Crippen molar-refractivity contribution < 1.29 is 14.9 Å². The van der Waals surface area contributed by atoms with Crippen molar-refractivity contribution in [3.05, 3.63) is 18.4 Å². The summed E-state index contributed by atoms with van der Waals surface area (Å²) in [5, 5.41) is 18.2. The van der Waals surface area contributed by atoms with Gasteiger partial charge in [-0.3, -0.25) is 0 Å². The molecule has 4 heteroatoms. The van der Waals surface area contributed by atoms with Gasteiger partial charge in [-0.05, 0) is 6.92 Å².